The van der Waals surface area contributed by atoms with Crippen molar-refractivity contribution in [2.75, 3.05) is 6.54 Å². The van der Waals surface area contributed by atoms with Crippen LogP contribution in [0, 0.1) is 0 Å². The Morgan fingerprint density at radius 3 is 2.42 bits per heavy atom. The van der Waals surface area contributed by atoms with Crippen LogP contribution in [0.5, 0.6) is 0 Å². The number of nitrogens with zero attached hydrogens (tertiary/aromatic N) is 3. The highest BCUT2D eigenvalue weighted by Crippen LogP contribution is 2.35. The van der Waals surface area contributed by atoms with Crippen LogP contribution in [0.25, 0.3) is 5.69 Å². The average Bonchev–Trinajstić information content (AvgIpc) is 3.31. The van der Waals surface area contributed by atoms with Crippen molar-refractivity contribution in [2.24, 2.45) is 0 Å². The Morgan fingerprint density at radius 2 is 1.65 bits per heavy atom. The summed E-state index contributed by atoms with van der Waals surface area (Å²) in [6.45, 7) is 3.40. The molecule has 3 aromatic rings. The lowest BCUT2D eigenvalue weighted by Crippen LogP contribution is -2.21. The van der Waals surface area contributed by atoms with Gasteiger partial charge in [0.25, 0.3) is 0 Å². The molecular formula is C23H25N3. The third-order valence-electron chi connectivity index (χ3n) is 6.01. The number of hydrogen-bond acceptors (Lipinski definition) is 2. The maximum Gasteiger partial charge on any atom is 0.0648 e. The van der Waals surface area contributed by atoms with Crippen LogP contribution in [-0.2, 0) is 19.5 Å². The molecule has 1 aliphatic heterocycles. The fourth-order valence-corrected chi connectivity index (χ4v) is 4.64. The Balaban J connectivity index is 1.30. The van der Waals surface area contributed by atoms with Gasteiger partial charge in [-0.05, 0) is 67.0 Å². The molecule has 0 saturated carbocycles. The summed E-state index contributed by atoms with van der Waals surface area (Å²) in [7, 11) is 0. The second kappa shape index (κ2) is 6.73. The van der Waals surface area contributed by atoms with Crippen LogP contribution < -0.4 is 0 Å². The molecule has 0 saturated heterocycles. The number of benzene rings is 2. The van der Waals surface area contributed by atoms with Gasteiger partial charge >= 0.3 is 0 Å². The van der Waals surface area contributed by atoms with E-state index in [-0.39, 0.29) is 0 Å². The van der Waals surface area contributed by atoms with E-state index in [0.29, 0.717) is 5.92 Å². The van der Waals surface area contributed by atoms with E-state index in [4.69, 9.17) is 5.10 Å². The Kier molecular flexibility index (Phi) is 4.10. The number of para-hydroxylation sites is 1. The van der Waals surface area contributed by atoms with Crippen molar-refractivity contribution < 1.29 is 0 Å². The van der Waals surface area contributed by atoms with Gasteiger partial charge in [0, 0.05) is 18.8 Å². The van der Waals surface area contributed by atoms with Gasteiger partial charge < -0.3 is 0 Å². The summed E-state index contributed by atoms with van der Waals surface area (Å²) in [5, 5.41) is 4.73. The summed E-state index contributed by atoms with van der Waals surface area (Å²) in [5.74, 6) is 0.653. The third kappa shape index (κ3) is 2.86. The zero-order chi connectivity index (χ0) is 17.3. The molecule has 3 heteroatoms. The van der Waals surface area contributed by atoms with Crippen LogP contribution in [0.3, 0.4) is 0 Å². The van der Waals surface area contributed by atoms with Crippen LogP contribution in [-0.4, -0.2) is 21.2 Å². The summed E-state index contributed by atoms with van der Waals surface area (Å²) in [6.07, 6.45) is 7.09. The van der Waals surface area contributed by atoms with Gasteiger partial charge in [0.2, 0.25) is 0 Å². The Bertz CT molecular complexity index is 872. The zero-order valence-corrected chi connectivity index (χ0v) is 15.1. The molecule has 26 heavy (non-hydrogen) atoms. The van der Waals surface area contributed by atoms with E-state index in [1.165, 1.54) is 53.9 Å². The largest absolute Gasteiger partial charge is 0.295 e. The van der Waals surface area contributed by atoms with Gasteiger partial charge in [0.05, 0.1) is 11.9 Å². The Labute approximate surface area is 155 Å². The molecular weight excluding hydrogens is 318 g/mol. The molecule has 1 atom stereocenters. The van der Waals surface area contributed by atoms with E-state index in [0.717, 1.165) is 19.5 Å². The molecule has 0 radical (unpaired) electrons. The summed E-state index contributed by atoms with van der Waals surface area (Å²) < 4.78 is 2.16. The number of aromatic nitrogens is 2. The van der Waals surface area contributed by atoms with Crippen LogP contribution in [0.4, 0.5) is 0 Å². The van der Waals surface area contributed by atoms with Gasteiger partial charge in [0.1, 0.15) is 0 Å². The molecule has 0 amide bonds. The predicted octanol–water partition coefficient (Wildman–Crippen LogP) is 4.70. The lowest BCUT2D eigenvalue weighted by atomic mass is 9.84. The first-order chi connectivity index (χ1) is 12.9. The van der Waals surface area contributed by atoms with Gasteiger partial charge in [0.15, 0.2) is 0 Å². The summed E-state index contributed by atoms with van der Waals surface area (Å²) in [5.41, 5.74) is 7.11. The molecule has 1 aliphatic carbocycles. The normalized spacial score (nSPS) is 19.3. The van der Waals surface area contributed by atoms with E-state index in [1.807, 2.05) is 0 Å². The maximum atomic E-state index is 4.73. The van der Waals surface area contributed by atoms with Crippen LogP contribution in [0.1, 0.15) is 47.6 Å². The lowest BCUT2D eigenvalue weighted by molar-refractivity contribution is 0.267. The van der Waals surface area contributed by atoms with Crippen molar-refractivity contribution >= 4 is 0 Å². The smallest absolute Gasteiger partial charge is 0.0648 e. The van der Waals surface area contributed by atoms with Gasteiger partial charge in [-0.15, -0.1) is 0 Å². The average molecular weight is 343 g/mol. The van der Waals surface area contributed by atoms with E-state index in [2.05, 4.69) is 70.4 Å². The second-order valence-corrected chi connectivity index (χ2v) is 7.65. The minimum Gasteiger partial charge on any atom is -0.295 e. The maximum absolute atomic E-state index is 4.73. The van der Waals surface area contributed by atoms with Crippen molar-refractivity contribution in [1.82, 2.24) is 14.7 Å². The van der Waals surface area contributed by atoms with Crippen molar-refractivity contribution in [2.45, 2.75) is 44.7 Å². The lowest BCUT2D eigenvalue weighted by Gasteiger charge is -2.25. The van der Waals surface area contributed by atoms with Gasteiger partial charge in [-0.2, -0.15) is 5.10 Å². The van der Waals surface area contributed by atoms with Crippen LogP contribution >= 0.6 is 0 Å². The summed E-state index contributed by atoms with van der Waals surface area (Å²) >= 11 is 0. The topological polar surface area (TPSA) is 21.1 Å². The molecule has 3 nitrogen and oxygen atoms in total. The molecule has 0 fully saturated rings. The third-order valence-corrected chi connectivity index (χ3v) is 6.01. The van der Waals surface area contributed by atoms with Crippen LogP contribution in [0.15, 0.2) is 60.8 Å². The summed E-state index contributed by atoms with van der Waals surface area (Å²) in [4.78, 5) is 2.60. The molecule has 2 aromatic carbocycles. The fraction of sp³-hybridized carbons (Fsp3) is 0.348. The van der Waals surface area contributed by atoms with Crippen molar-refractivity contribution in [3.8, 4) is 5.69 Å². The molecule has 0 spiro atoms. The number of fused-ring (bicyclic) bond motifs is 2. The zero-order valence-electron chi connectivity index (χ0n) is 15.1. The van der Waals surface area contributed by atoms with E-state index >= 15 is 0 Å². The monoisotopic (exact) mass is 343 g/mol. The van der Waals surface area contributed by atoms with Gasteiger partial charge in [-0.3, -0.25) is 4.90 Å². The molecule has 0 N–H and O–H groups in total. The SMILES string of the molecule is c1ccc(-n2ncc3c2CCCC3CCN2Cc3ccccc3C2)cc1. The first-order valence-corrected chi connectivity index (χ1v) is 9.80. The molecule has 0 bridgehead atoms. The van der Waals surface area contributed by atoms with E-state index in [1.54, 1.807) is 0 Å². The van der Waals surface area contributed by atoms with E-state index in [9.17, 15) is 0 Å². The second-order valence-electron chi connectivity index (χ2n) is 7.65. The molecule has 5 rings (SSSR count). The van der Waals surface area contributed by atoms with E-state index < -0.39 is 0 Å². The Morgan fingerprint density at radius 1 is 0.923 bits per heavy atom. The van der Waals surface area contributed by atoms with Crippen molar-refractivity contribution in [1.29, 1.82) is 0 Å². The first kappa shape index (κ1) is 15.8. The minimum absolute atomic E-state index is 0.653. The molecule has 2 aliphatic rings. The van der Waals surface area contributed by atoms with Gasteiger partial charge in [-0.1, -0.05) is 42.5 Å². The van der Waals surface area contributed by atoms with Crippen molar-refractivity contribution in [3.05, 3.63) is 83.2 Å². The number of hydrogen-bond donors (Lipinski definition) is 0. The first-order valence-electron chi connectivity index (χ1n) is 9.80. The van der Waals surface area contributed by atoms with Gasteiger partial charge in [-0.25, -0.2) is 4.68 Å². The molecule has 132 valence electrons. The highest BCUT2D eigenvalue weighted by Gasteiger charge is 2.26. The number of rotatable bonds is 4. The minimum atomic E-state index is 0.653. The highest BCUT2D eigenvalue weighted by molar-refractivity contribution is 5.37. The van der Waals surface area contributed by atoms with Crippen LogP contribution in [0.2, 0.25) is 0 Å². The molecule has 2 heterocycles. The summed E-state index contributed by atoms with van der Waals surface area (Å²) in [6, 6.07) is 19.4. The van der Waals surface area contributed by atoms with Crippen molar-refractivity contribution in [3.63, 3.8) is 0 Å². The Hall–Kier alpha value is -2.39. The molecule has 1 aromatic heterocycles. The predicted molar refractivity (Wildman–Crippen MR) is 104 cm³/mol. The quantitative estimate of drug-likeness (QED) is 0.685. The standard InChI is InChI=1S/C23H25N3/c1-2-10-21(11-3-1)26-23-12-6-9-18(22(23)15-24-26)13-14-25-16-19-7-4-5-8-20(19)17-25/h1-5,7-8,10-11,15,18H,6,9,12-14,16-17H2. The fourth-order valence-electron chi connectivity index (χ4n) is 4.64. The highest BCUT2D eigenvalue weighted by atomic mass is 15.3. The molecule has 1 unspecified atom stereocenters.